The fourth-order valence-corrected chi connectivity index (χ4v) is 2.74. The number of aliphatic carboxylic acids is 1. The van der Waals surface area contributed by atoms with E-state index in [0.717, 1.165) is 30.4 Å². The van der Waals surface area contributed by atoms with Crippen LogP contribution in [-0.4, -0.2) is 18.2 Å². The van der Waals surface area contributed by atoms with Crippen LogP contribution < -0.4 is 4.74 Å². The lowest BCUT2D eigenvalue weighted by Crippen LogP contribution is -2.40. The summed E-state index contributed by atoms with van der Waals surface area (Å²) >= 11 is 6.10. The Balaban J connectivity index is 2.29. The SMILES string of the molecule is COc1cc(C)c(CC2(C(=O)O)CCC2)cc1Cl. The van der Waals surface area contributed by atoms with Crippen LogP contribution >= 0.6 is 11.6 Å². The lowest BCUT2D eigenvalue weighted by molar-refractivity contribution is -0.154. The Morgan fingerprint density at radius 3 is 2.61 bits per heavy atom. The molecule has 0 atom stereocenters. The van der Waals surface area contributed by atoms with Gasteiger partial charge in [0.2, 0.25) is 0 Å². The molecule has 1 aromatic carbocycles. The first-order valence-corrected chi connectivity index (χ1v) is 6.43. The molecule has 18 heavy (non-hydrogen) atoms. The van der Waals surface area contributed by atoms with Gasteiger partial charge in [0.25, 0.3) is 0 Å². The number of ether oxygens (including phenoxy) is 1. The zero-order valence-electron chi connectivity index (χ0n) is 10.6. The maximum absolute atomic E-state index is 11.4. The lowest BCUT2D eigenvalue weighted by atomic mass is 9.65. The van der Waals surface area contributed by atoms with E-state index in [0.29, 0.717) is 17.2 Å². The Morgan fingerprint density at radius 1 is 1.50 bits per heavy atom. The van der Waals surface area contributed by atoms with Gasteiger partial charge in [0.1, 0.15) is 5.75 Å². The van der Waals surface area contributed by atoms with E-state index < -0.39 is 11.4 Å². The van der Waals surface area contributed by atoms with Gasteiger partial charge >= 0.3 is 5.97 Å². The van der Waals surface area contributed by atoms with E-state index in [-0.39, 0.29) is 0 Å². The number of hydrogen-bond donors (Lipinski definition) is 1. The third-order valence-corrected chi connectivity index (χ3v) is 4.20. The number of carboxylic acids is 1. The Morgan fingerprint density at radius 2 is 2.17 bits per heavy atom. The molecule has 0 bridgehead atoms. The second-order valence-electron chi connectivity index (χ2n) is 5.03. The summed E-state index contributed by atoms with van der Waals surface area (Å²) in [4.78, 5) is 11.4. The van der Waals surface area contributed by atoms with Crippen molar-refractivity contribution < 1.29 is 14.6 Å². The topological polar surface area (TPSA) is 46.5 Å². The monoisotopic (exact) mass is 268 g/mol. The molecule has 0 saturated heterocycles. The fraction of sp³-hybridized carbons (Fsp3) is 0.500. The summed E-state index contributed by atoms with van der Waals surface area (Å²) in [6.07, 6.45) is 3.06. The summed E-state index contributed by atoms with van der Waals surface area (Å²) in [6, 6.07) is 3.70. The van der Waals surface area contributed by atoms with Crippen molar-refractivity contribution in [2.45, 2.75) is 32.6 Å². The van der Waals surface area contributed by atoms with E-state index in [1.54, 1.807) is 7.11 Å². The van der Waals surface area contributed by atoms with Crippen LogP contribution in [0, 0.1) is 12.3 Å². The van der Waals surface area contributed by atoms with Crippen LogP contribution in [0.4, 0.5) is 0 Å². The highest BCUT2D eigenvalue weighted by Gasteiger charge is 2.44. The van der Waals surface area contributed by atoms with Crippen LogP contribution in [0.2, 0.25) is 5.02 Å². The maximum atomic E-state index is 11.4. The van der Waals surface area contributed by atoms with Crippen molar-refractivity contribution in [2.75, 3.05) is 7.11 Å². The molecule has 2 rings (SSSR count). The van der Waals surface area contributed by atoms with Gasteiger partial charge in [0.15, 0.2) is 0 Å². The van der Waals surface area contributed by atoms with Gasteiger partial charge in [-0.1, -0.05) is 18.0 Å². The molecule has 1 saturated carbocycles. The zero-order valence-corrected chi connectivity index (χ0v) is 11.4. The Bertz CT molecular complexity index is 478. The summed E-state index contributed by atoms with van der Waals surface area (Å²) in [5.41, 5.74) is 1.45. The van der Waals surface area contributed by atoms with E-state index >= 15 is 0 Å². The van der Waals surface area contributed by atoms with Gasteiger partial charge in [-0.05, 0) is 49.4 Å². The molecule has 98 valence electrons. The average Bonchev–Trinajstić information content (AvgIpc) is 2.26. The molecule has 1 aliphatic rings. The molecule has 0 aliphatic heterocycles. The lowest BCUT2D eigenvalue weighted by Gasteiger charge is -2.38. The molecule has 1 aliphatic carbocycles. The highest BCUT2D eigenvalue weighted by atomic mass is 35.5. The van der Waals surface area contributed by atoms with Crippen LogP contribution in [0.15, 0.2) is 12.1 Å². The van der Waals surface area contributed by atoms with Gasteiger partial charge in [0.05, 0.1) is 17.5 Å². The van der Waals surface area contributed by atoms with Gasteiger partial charge in [-0.2, -0.15) is 0 Å². The number of rotatable bonds is 4. The zero-order chi connectivity index (χ0) is 13.3. The molecule has 0 unspecified atom stereocenters. The molecule has 0 spiro atoms. The molecule has 0 radical (unpaired) electrons. The first-order chi connectivity index (χ1) is 8.48. The third-order valence-electron chi connectivity index (χ3n) is 3.90. The second kappa shape index (κ2) is 4.81. The number of carboxylic acid groups (broad SMARTS) is 1. The van der Waals surface area contributed by atoms with E-state index in [2.05, 4.69) is 0 Å². The molecule has 1 fully saturated rings. The predicted molar refractivity (Wildman–Crippen MR) is 70.4 cm³/mol. The highest BCUT2D eigenvalue weighted by Crippen LogP contribution is 2.45. The van der Waals surface area contributed by atoms with Crippen molar-refractivity contribution in [3.05, 3.63) is 28.3 Å². The molecule has 4 heteroatoms. The van der Waals surface area contributed by atoms with Gasteiger partial charge < -0.3 is 9.84 Å². The van der Waals surface area contributed by atoms with Gasteiger partial charge in [-0.25, -0.2) is 0 Å². The number of carbonyl (C=O) groups is 1. The van der Waals surface area contributed by atoms with Crippen molar-refractivity contribution in [1.29, 1.82) is 0 Å². The molecule has 0 aromatic heterocycles. The van der Waals surface area contributed by atoms with Gasteiger partial charge in [0, 0.05) is 0 Å². The van der Waals surface area contributed by atoms with Crippen LogP contribution in [0.3, 0.4) is 0 Å². The number of methoxy groups -OCH3 is 1. The number of benzene rings is 1. The summed E-state index contributed by atoms with van der Waals surface area (Å²) in [7, 11) is 1.57. The molecular weight excluding hydrogens is 252 g/mol. The minimum absolute atomic E-state index is 0.540. The standard InChI is InChI=1S/C14H17ClO3/c1-9-6-12(18-2)11(15)7-10(9)8-14(13(16)17)4-3-5-14/h6-7H,3-5,8H2,1-2H3,(H,16,17). The first-order valence-electron chi connectivity index (χ1n) is 6.05. The normalized spacial score (nSPS) is 17.1. The van der Waals surface area contributed by atoms with E-state index in [1.807, 2.05) is 19.1 Å². The summed E-state index contributed by atoms with van der Waals surface area (Å²) in [5, 5.41) is 9.89. The number of hydrogen-bond acceptors (Lipinski definition) is 2. The van der Waals surface area contributed by atoms with Crippen molar-refractivity contribution >= 4 is 17.6 Å². The van der Waals surface area contributed by atoms with Crippen molar-refractivity contribution in [1.82, 2.24) is 0 Å². The maximum Gasteiger partial charge on any atom is 0.309 e. The average molecular weight is 269 g/mol. The summed E-state index contributed by atoms with van der Waals surface area (Å²) < 4.78 is 5.15. The molecule has 0 amide bonds. The molecule has 3 nitrogen and oxygen atoms in total. The van der Waals surface area contributed by atoms with Crippen LogP contribution in [-0.2, 0) is 11.2 Å². The molecule has 0 heterocycles. The van der Waals surface area contributed by atoms with E-state index in [9.17, 15) is 9.90 Å². The summed E-state index contributed by atoms with van der Waals surface area (Å²) in [6.45, 7) is 1.96. The van der Waals surface area contributed by atoms with Gasteiger partial charge in [-0.3, -0.25) is 4.79 Å². The predicted octanol–water partition coefficient (Wildman–Crippen LogP) is 3.45. The Kier molecular flexibility index (Phi) is 3.53. The largest absolute Gasteiger partial charge is 0.495 e. The molecular formula is C14H17ClO3. The van der Waals surface area contributed by atoms with Crippen molar-refractivity contribution in [3.63, 3.8) is 0 Å². The first kappa shape index (κ1) is 13.2. The van der Waals surface area contributed by atoms with Crippen LogP contribution in [0.5, 0.6) is 5.75 Å². The Hall–Kier alpha value is -1.22. The Labute approximate surface area is 112 Å². The number of aryl methyl sites for hydroxylation is 1. The van der Waals surface area contributed by atoms with Gasteiger partial charge in [-0.15, -0.1) is 0 Å². The molecule has 1 N–H and O–H groups in total. The van der Waals surface area contributed by atoms with E-state index in [1.165, 1.54) is 0 Å². The smallest absolute Gasteiger partial charge is 0.309 e. The van der Waals surface area contributed by atoms with E-state index in [4.69, 9.17) is 16.3 Å². The quantitative estimate of drug-likeness (QED) is 0.910. The third kappa shape index (κ3) is 2.19. The fourth-order valence-electron chi connectivity index (χ4n) is 2.48. The second-order valence-corrected chi connectivity index (χ2v) is 5.44. The summed E-state index contributed by atoms with van der Waals surface area (Å²) in [5.74, 6) is -0.0593. The minimum atomic E-state index is -0.694. The highest BCUT2D eigenvalue weighted by molar-refractivity contribution is 6.32. The molecule has 1 aromatic rings. The van der Waals surface area contributed by atoms with Crippen LogP contribution in [0.25, 0.3) is 0 Å². The van der Waals surface area contributed by atoms with Crippen molar-refractivity contribution in [3.8, 4) is 5.75 Å². The van der Waals surface area contributed by atoms with Crippen molar-refractivity contribution in [2.24, 2.45) is 5.41 Å². The number of halogens is 1. The van der Waals surface area contributed by atoms with Crippen LogP contribution in [0.1, 0.15) is 30.4 Å². The minimum Gasteiger partial charge on any atom is -0.495 e.